The molecule has 1 aliphatic heterocycles. The number of aliphatic hydroxyl groups is 1. The van der Waals surface area contributed by atoms with Gasteiger partial charge >= 0.3 is 0 Å². The lowest BCUT2D eigenvalue weighted by atomic mass is 10.1. The number of carbonyl (C=O) groups excluding carboxylic acids is 1. The highest BCUT2D eigenvalue weighted by Gasteiger charge is 2.20. The Hall–Kier alpha value is -0.610. The normalized spacial score (nSPS) is 18.1. The molecule has 1 N–H and O–H groups in total. The zero-order chi connectivity index (χ0) is 11.1. The summed E-state index contributed by atoms with van der Waals surface area (Å²) in [6, 6.07) is 0. The van der Waals surface area contributed by atoms with E-state index in [9.17, 15) is 9.90 Å². The molecule has 0 aliphatic carbocycles. The number of amides is 1. The first-order valence-corrected chi connectivity index (χ1v) is 5.77. The van der Waals surface area contributed by atoms with E-state index < -0.39 is 0 Å². The van der Waals surface area contributed by atoms with Gasteiger partial charge in [-0.05, 0) is 19.3 Å². The Kier molecular flexibility index (Phi) is 5.65. The van der Waals surface area contributed by atoms with Crippen LogP contribution < -0.4 is 0 Å². The molecule has 0 aromatic carbocycles. The summed E-state index contributed by atoms with van der Waals surface area (Å²) in [5.41, 5.74) is 0. The van der Waals surface area contributed by atoms with Gasteiger partial charge in [0.1, 0.15) is 0 Å². The highest BCUT2D eigenvalue weighted by Crippen LogP contribution is 2.10. The molecule has 0 aromatic rings. The zero-order valence-electron chi connectivity index (χ0n) is 9.45. The minimum absolute atomic E-state index is 0.151. The van der Waals surface area contributed by atoms with E-state index in [4.69, 9.17) is 4.74 Å². The van der Waals surface area contributed by atoms with Crippen LogP contribution in [0.4, 0.5) is 0 Å². The summed E-state index contributed by atoms with van der Waals surface area (Å²) < 4.78 is 5.27. The molecule has 1 rings (SSSR count). The van der Waals surface area contributed by atoms with Crippen LogP contribution >= 0.6 is 0 Å². The van der Waals surface area contributed by atoms with E-state index in [0.717, 1.165) is 13.0 Å². The first-order valence-electron chi connectivity index (χ1n) is 5.77. The van der Waals surface area contributed by atoms with Crippen LogP contribution in [0.15, 0.2) is 0 Å². The van der Waals surface area contributed by atoms with Crippen LogP contribution in [-0.4, -0.2) is 48.3 Å². The molecular weight excluding hydrogens is 194 g/mol. The summed E-state index contributed by atoms with van der Waals surface area (Å²) in [7, 11) is 0. The SMILES string of the molecule is CCCOCCC(=O)N1CCC(O)CC1. The largest absolute Gasteiger partial charge is 0.393 e. The predicted molar refractivity (Wildman–Crippen MR) is 57.5 cm³/mol. The number of likely N-dealkylation sites (tertiary alicyclic amines) is 1. The molecular formula is C11H21NO3. The molecule has 88 valence electrons. The summed E-state index contributed by atoms with van der Waals surface area (Å²) in [5, 5.41) is 9.29. The molecule has 15 heavy (non-hydrogen) atoms. The van der Waals surface area contributed by atoms with Gasteiger partial charge in [-0.15, -0.1) is 0 Å². The maximum absolute atomic E-state index is 11.6. The standard InChI is InChI=1S/C11H21NO3/c1-2-8-15-9-5-11(14)12-6-3-10(13)4-7-12/h10,13H,2-9H2,1H3. The van der Waals surface area contributed by atoms with Gasteiger partial charge in [0.15, 0.2) is 0 Å². The Morgan fingerprint density at radius 2 is 2.07 bits per heavy atom. The van der Waals surface area contributed by atoms with E-state index in [0.29, 0.717) is 39.0 Å². The zero-order valence-corrected chi connectivity index (χ0v) is 9.45. The number of carbonyl (C=O) groups is 1. The summed E-state index contributed by atoms with van der Waals surface area (Å²) in [6.45, 7) is 4.67. The van der Waals surface area contributed by atoms with Crippen molar-refractivity contribution in [3.8, 4) is 0 Å². The van der Waals surface area contributed by atoms with Crippen molar-refractivity contribution in [3.63, 3.8) is 0 Å². The van der Waals surface area contributed by atoms with E-state index in [-0.39, 0.29) is 12.0 Å². The third-order valence-electron chi connectivity index (χ3n) is 2.63. The second-order valence-electron chi connectivity index (χ2n) is 3.97. The van der Waals surface area contributed by atoms with Crippen molar-refractivity contribution in [2.75, 3.05) is 26.3 Å². The van der Waals surface area contributed by atoms with Crippen molar-refractivity contribution >= 4 is 5.91 Å². The molecule has 0 aromatic heterocycles. The maximum Gasteiger partial charge on any atom is 0.224 e. The Morgan fingerprint density at radius 1 is 1.40 bits per heavy atom. The monoisotopic (exact) mass is 215 g/mol. The van der Waals surface area contributed by atoms with Crippen LogP contribution in [0.3, 0.4) is 0 Å². The average molecular weight is 215 g/mol. The molecule has 4 heteroatoms. The first kappa shape index (κ1) is 12.5. The lowest BCUT2D eigenvalue weighted by Crippen LogP contribution is -2.40. The van der Waals surface area contributed by atoms with E-state index in [2.05, 4.69) is 0 Å². The fourth-order valence-corrected chi connectivity index (χ4v) is 1.68. The van der Waals surface area contributed by atoms with Gasteiger partial charge in [-0.2, -0.15) is 0 Å². The van der Waals surface area contributed by atoms with Crippen molar-refractivity contribution in [2.45, 2.75) is 38.7 Å². The molecule has 4 nitrogen and oxygen atoms in total. The van der Waals surface area contributed by atoms with Crippen molar-refractivity contribution in [2.24, 2.45) is 0 Å². The molecule has 0 atom stereocenters. The minimum atomic E-state index is -0.217. The van der Waals surface area contributed by atoms with Gasteiger partial charge in [0.05, 0.1) is 19.1 Å². The van der Waals surface area contributed by atoms with E-state index >= 15 is 0 Å². The van der Waals surface area contributed by atoms with E-state index in [1.807, 2.05) is 11.8 Å². The Labute approximate surface area is 91.2 Å². The van der Waals surface area contributed by atoms with Crippen molar-refractivity contribution in [3.05, 3.63) is 0 Å². The fourth-order valence-electron chi connectivity index (χ4n) is 1.68. The summed E-state index contributed by atoms with van der Waals surface area (Å²) in [5.74, 6) is 0.151. The van der Waals surface area contributed by atoms with Crippen molar-refractivity contribution < 1.29 is 14.6 Å². The van der Waals surface area contributed by atoms with Gasteiger partial charge < -0.3 is 14.7 Å². The molecule has 1 amide bonds. The molecule has 0 bridgehead atoms. The fraction of sp³-hybridized carbons (Fsp3) is 0.909. The minimum Gasteiger partial charge on any atom is -0.393 e. The van der Waals surface area contributed by atoms with Gasteiger partial charge in [0.25, 0.3) is 0 Å². The molecule has 1 fully saturated rings. The molecule has 0 spiro atoms. The van der Waals surface area contributed by atoms with Gasteiger partial charge in [0.2, 0.25) is 5.91 Å². The Morgan fingerprint density at radius 3 is 2.67 bits per heavy atom. The van der Waals surface area contributed by atoms with Gasteiger partial charge in [-0.1, -0.05) is 6.92 Å². The van der Waals surface area contributed by atoms with Crippen LogP contribution in [0.1, 0.15) is 32.6 Å². The molecule has 0 radical (unpaired) electrons. The smallest absolute Gasteiger partial charge is 0.224 e. The van der Waals surface area contributed by atoms with Crippen LogP contribution in [0, 0.1) is 0 Å². The number of nitrogens with zero attached hydrogens (tertiary/aromatic N) is 1. The molecule has 1 aliphatic rings. The molecule has 1 saturated heterocycles. The second-order valence-corrected chi connectivity index (χ2v) is 3.97. The third-order valence-corrected chi connectivity index (χ3v) is 2.63. The van der Waals surface area contributed by atoms with Gasteiger partial charge in [-0.3, -0.25) is 4.79 Å². The number of hydrogen-bond donors (Lipinski definition) is 1. The molecule has 0 saturated carbocycles. The number of rotatable bonds is 5. The lowest BCUT2D eigenvalue weighted by molar-refractivity contribution is -0.134. The van der Waals surface area contributed by atoms with Crippen molar-refractivity contribution in [1.29, 1.82) is 0 Å². The first-order chi connectivity index (χ1) is 7.24. The summed E-state index contributed by atoms with van der Waals surface area (Å²) in [4.78, 5) is 13.5. The lowest BCUT2D eigenvalue weighted by Gasteiger charge is -2.29. The summed E-state index contributed by atoms with van der Waals surface area (Å²) >= 11 is 0. The Balaban J connectivity index is 2.11. The molecule has 1 heterocycles. The molecule has 0 unspecified atom stereocenters. The van der Waals surface area contributed by atoms with Crippen LogP contribution in [0.5, 0.6) is 0 Å². The van der Waals surface area contributed by atoms with Crippen molar-refractivity contribution in [1.82, 2.24) is 4.90 Å². The highest BCUT2D eigenvalue weighted by atomic mass is 16.5. The third kappa shape index (κ3) is 4.62. The highest BCUT2D eigenvalue weighted by molar-refractivity contribution is 5.76. The number of piperidine rings is 1. The van der Waals surface area contributed by atoms with Crippen LogP contribution in [-0.2, 0) is 9.53 Å². The maximum atomic E-state index is 11.6. The number of aliphatic hydroxyl groups excluding tert-OH is 1. The van der Waals surface area contributed by atoms with Gasteiger partial charge in [0, 0.05) is 19.7 Å². The quantitative estimate of drug-likeness (QED) is 0.690. The average Bonchev–Trinajstić information content (AvgIpc) is 2.25. The second kappa shape index (κ2) is 6.80. The van der Waals surface area contributed by atoms with Crippen LogP contribution in [0.25, 0.3) is 0 Å². The van der Waals surface area contributed by atoms with Crippen LogP contribution in [0.2, 0.25) is 0 Å². The number of ether oxygens (including phenoxy) is 1. The predicted octanol–water partition coefficient (Wildman–Crippen LogP) is 0.786. The van der Waals surface area contributed by atoms with Gasteiger partial charge in [-0.25, -0.2) is 0 Å². The Bertz CT molecular complexity index is 188. The topological polar surface area (TPSA) is 49.8 Å². The van der Waals surface area contributed by atoms with E-state index in [1.54, 1.807) is 0 Å². The van der Waals surface area contributed by atoms with E-state index in [1.165, 1.54) is 0 Å². The summed E-state index contributed by atoms with van der Waals surface area (Å²) in [6.07, 6.45) is 2.66. The number of hydrogen-bond acceptors (Lipinski definition) is 3.